The van der Waals surface area contributed by atoms with E-state index in [0.717, 1.165) is 12.8 Å². The van der Waals surface area contributed by atoms with Gasteiger partial charge in [0.2, 0.25) is 11.8 Å². The maximum absolute atomic E-state index is 12.7. The maximum Gasteiger partial charge on any atom is 0.234 e. The molecule has 0 aromatic heterocycles. The molecule has 6 heteroatoms. The number of thioether (sulfide) groups is 1. The molecule has 0 aliphatic heterocycles. The van der Waals surface area contributed by atoms with Crippen molar-refractivity contribution in [1.29, 1.82) is 0 Å². The average molecular weight is 324 g/mol. The molecule has 0 radical (unpaired) electrons. The minimum atomic E-state index is -0.341. The molecule has 1 saturated carbocycles. The van der Waals surface area contributed by atoms with Crippen molar-refractivity contribution in [1.82, 2.24) is 5.32 Å². The molecule has 120 valence electrons. The van der Waals surface area contributed by atoms with Crippen LogP contribution >= 0.6 is 11.8 Å². The molecular formula is C16H21FN2O2S. The Balaban J connectivity index is 1.61. The second-order valence-corrected chi connectivity index (χ2v) is 6.44. The van der Waals surface area contributed by atoms with Crippen molar-refractivity contribution < 1.29 is 14.0 Å². The van der Waals surface area contributed by atoms with E-state index < -0.39 is 0 Å². The minimum Gasteiger partial charge on any atom is -0.353 e. The first kappa shape index (κ1) is 16.8. The molecule has 0 saturated heterocycles. The van der Waals surface area contributed by atoms with Gasteiger partial charge < -0.3 is 10.6 Å². The van der Waals surface area contributed by atoms with Crippen LogP contribution in [-0.2, 0) is 9.59 Å². The van der Waals surface area contributed by atoms with Gasteiger partial charge in [-0.05, 0) is 37.1 Å². The zero-order valence-corrected chi connectivity index (χ0v) is 13.3. The van der Waals surface area contributed by atoms with Crippen molar-refractivity contribution in [2.75, 3.05) is 16.8 Å². The Kier molecular flexibility index (Phi) is 6.71. The van der Waals surface area contributed by atoms with E-state index >= 15 is 0 Å². The largest absolute Gasteiger partial charge is 0.353 e. The third kappa shape index (κ3) is 6.05. The van der Waals surface area contributed by atoms with Crippen LogP contribution < -0.4 is 10.6 Å². The van der Waals surface area contributed by atoms with Crippen molar-refractivity contribution in [2.24, 2.45) is 0 Å². The zero-order chi connectivity index (χ0) is 15.8. The fraction of sp³-hybridized carbons (Fsp3) is 0.500. The van der Waals surface area contributed by atoms with Gasteiger partial charge in [-0.25, -0.2) is 4.39 Å². The van der Waals surface area contributed by atoms with E-state index in [1.54, 1.807) is 0 Å². The molecule has 0 unspecified atom stereocenters. The number of anilines is 1. The first-order valence-electron chi connectivity index (χ1n) is 7.56. The Hall–Kier alpha value is -1.56. The quantitative estimate of drug-likeness (QED) is 0.846. The molecule has 1 fully saturated rings. The van der Waals surface area contributed by atoms with E-state index in [-0.39, 0.29) is 29.1 Å². The van der Waals surface area contributed by atoms with Gasteiger partial charge in [0.25, 0.3) is 0 Å². The lowest BCUT2D eigenvalue weighted by atomic mass is 9.95. The van der Waals surface area contributed by atoms with Crippen molar-refractivity contribution >= 4 is 29.3 Å². The Bertz CT molecular complexity index is 501. The van der Waals surface area contributed by atoms with Crippen molar-refractivity contribution in [3.05, 3.63) is 30.1 Å². The van der Waals surface area contributed by atoms with Crippen LogP contribution in [0.2, 0.25) is 0 Å². The lowest BCUT2D eigenvalue weighted by molar-refractivity contribution is -0.119. The highest BCUT2D eigenvalue weighted by Crippen LogP contribution is 2.17. The van der Waals surface area contributed by atoms with Crippen LogP contribution in [0.1, 0.15) is 32.1 Å². The molecular weight excluding hydrogens is 303 g/mol. The van der Waals surface area contributed by atoms with E-state index in [1.807, 2.05) is 0 Å². The average Bonchev–Trinajstić information content (AvgIpc) is 2.50. The van der Waals surface area contributed by atoms with Crippen LogP contribution in [0.4, 0.5) is 10.1 Å². The number of halogens is 1. The van der Waals surface area contributed by atoms with E-state index in [2.05, 4.69) is 10.6 Å². The normalized spacial score (nSPS) is 15.3. The molecule has 2 N–H and O–H groups in total. The van der Waals surface area contributed by atoms with Gasteiger partial charge in [-0.3, -0.25) is 9.59 Å². The molecule has 4 nitrogen and oxygen atoms in total. The molecule has 1 aromatic rings. The summed E-state index contributed by atoms with van der Waals surface area (Å²) < 4.78 is 12.7. The van der Waals surface area contributed by atoms with Crippen LogP contribution in [0.15, 0.2) is 24.3 Å². The number of carbonyl (C=O) groups excluding carboxylic acids is 2. The predicted octanol–water partition coefficient (Wildman–Crippen LogP) is 2.95. The first-order valence-corrected chi connectivity index (χ1v) is 8.71. The summed E-state index contributed by atoms with van der Waals surface area (Å²) in [5, 5.41) is 5.68. The number of hydrogen-bond donors (Lipinski definition) is 2. The van der Waals surface area contributed by atoms with Gasteiger partial charge in [0.15, 0.2) is 0 Å². The Morgan fingerprint density at radius 1 is 1.05 bits per heavy atom. The number of carbonyl (C=O) groups is 2. The molecule has 2 amide bonds. The summed E-state index contributed by atoms with van der Waals surface area (Å²) >= 11 is 1.28. The van der Waals surface area contributed by atoms with Crippen LogP contribution in [-0.4, -0.2) is 29.4 Å². The fourth-order valence-corrected chi connectivity index (χ4v) is 3.11. The van der Waals surface area contributed by atoms with Gasteiger partial charge >= 0.3 is 0 Å². The molecule has 1 aromatic carbocycles. The highest BCUT2D eigenvalue weighted by atomic mass is 32.2. The molecule has 0 spiro atoms. The second-order valence-electron chi connectivity index (χ2n) is 5.45. The number of hydrogen-bond acceptors (Lipinski definition) is 3. The van der Waals surface area contributed by atoms with Crippen molar-refractivity contribution in [3.8, 4) is 0 Å². The highest BCUT2D eigenvalue weighted by Gasteiger charge is 2.15. The number of benzene rings is 1. The van der Waals surface area contributed by atoms with E-state index in [0.29, 0.717) is 11.7 Å². The number of nitrogens with one attached hydrogen (secondary N) is 2. The lowest BCUT2D eigenvalue weighted by Crippen LogP contribution is -2.37. The van der Waals surface area contributed by atoms with Crippen molar-refractivity contribution in [2.45, 2.75) is 38.1 Å². The maximum atomic E-state index is 12.7. The summed E-state index contributed by atoms with van der Waals surface area (Å²) in [5.41, 5.74) is 0.554. The third-order valence-corrected chi connectivity index (χ3v) is 4.50. The van der Waals surface area contributed by atoms with Gasteiger partial charge in [-0.1, -0.05) is 19.3 Å². The summed E-state index contributed by atoms with van der Waals surface area (Å²) in [7, 11) is 0. The Labute approximate surface area is 134 Å². The summed E-state index contributed by atoms with van der Waals surface area (Å²) in [6.07, 6.45) is 5.73. The fourth-order valence-electron chi connectivity index (χ4n) is 2.48. The Morgan fingerprint density at radius 2 is 1.68 bits per heavy atom. The lowest BCUT2D eigenvalue weighted by Gasteiger charge is -2.22. The highest BCUT2D eigenvalue weighted by molar-refractivity contribution is 8.00. The summed E-state index contributed by atoms with van der Waals surface area (Å²) in [6.45, 7) is 0. The van der Waals surface area contributed by atoms with Crippen molar-refractivity contribution in [3.63, 3.8) is 0 Å². The number of amides is 2. The second kappa shape index (κ2) is 8.78. The standard InChI is InChI=1S/C16H21FN2O2S/c17-12-6-8-14(9-7-12)19-16(21)11-22-10-15(20)18-13-4-2-1-3-5-13/h6-9,13H,1-5,10-11H2,(H,18,20)(H,19,21). The number of rotatable bonds is 6. The molecule has 0 bridgehead atoms. The van der Waals surface area contributed by atoms with Gasteiger partial charge in [0.05, 0.1) is 11.5 Å². The third-order valence-electron chi connectivity index (χ3n) is 3.56. The van der Waals surface area contributed by atoms with Crippen LogP contribution in [0.25, 0.3) is 0 Å². The van der Waals surface area contributed by atoms with Gasteiger partial charge in [0.1, 0.15) is 5.82 Å². The first-order chi connectivity index (χ1) is 10.6. The van der Waals surface area contributed by atoms with Gasteiger partial charge in [-0.2, -0.15) is 0 Å². The zero-order valence-electron chi connectivity index (χ0n) is 12.4. The monoisotopic (exact) mass is 324 g/mol. The summed E-state index contributed by atoms with van der Waals surface area (Å²) in [4.78, 5) is 23.5. The van der Waals surface area contributed by atoms with E-state index in [4.69, 9.17) is 0 Å². The van der Waals surface area contributed by atoms with Crippen LogP contribution in [0.3, 0.4) is 0 Å². The molecule has 22 heavy (non-hydrogen) atoms. The molecule has 0 atom stereocenters. The Morgan fingerprint density at radius 3 is 2.36 bits per heavy atom. The minimum absolute atomic E-state index is 0.00789. The van der Waals surface area contributed by atoms with Crippen LogP contribution in [0, 0.1) is 5.82 Å². The molecule has 0 heterocycles. The molecule has 1 aliphatic rings. The summed E-state index contributed by atoms with van der Waals surface area (Å²) in [6, 6.07) is 5.90. The SMILES string of the molecule is O=C(CSCC(=O)NC1CCCCC1)Nc1ccc(F)cc1. The van der Waals surface area contributed by atoms with E-state index in [9.17, 15) is 14.0 Å². The molecule has 2 rings (SSSR count). The van der Waals surface area contributed by atoms with Gasteiger partial charge in [-0.15, -0.1) is 11.8 Å². The predicted molar refractivity (Wildman–Crippen MR) is 87.4 cm³/mol. The molecule has 1 aliphatic carbocycles. The smallest absolute Gasteiger partial charge is 0.234 e. The van der Waals surface area contributed by atoms with Crippen LogP contribution in [0.5, 0.6) is 0 Å². The summed E-state index contributed by atoms with van der Waals surface area (Å²) in [5.74, 6) is -0.0525. The van der Waals surface area contributed by atoms with E-state index in [1.165, 1.54) is 55.3 Å². The van der Waals surface area contributed by atoms with Gasteiger partial charge in [0, 0.05) is 11.7 Å². The topological polar surface area (TPSA) is 58.2 Å².